The summed E-state index contributed by atoms with van der Waals surface area (Å²) >= 11 is 0. The smallest absolute Gasteiger partial charge is 0.408 e. The summed E-state index contributed by atoms with van der Waals surface area (Å²) < 4.78 is 5.57. The molecular formula is C31H42N6O3. The average Bonchev–Trinajstić information content (AvgIpc) is 3.57. The van der Waals surface area contributed by atoms with E-state index in [1.165, 1.54) is 6.42 Å². The number of alkyl carbamates (subject to hydrolysis) is 1. The molecule has 0 spiro atoms. The maximum Gasteiger partial charge on any atom is 0.408 e. The Kier molecular flexibility index (Phi) is 8.71. The number of hydrogen-bond donors (Lipinski definition) is 5. The molecule has 9 heteroatoms. The lowest BCUT2D eigenvalue weighted by atomic mass is 9.83. The zero-order valence-corrected chi connectivity index (χ0v) is 23.6. The third kappa shape index (κ3) is 6.15. The quantitative estimate of drug-likeness (QED) is 0.261. The van der Waals surface area contributed by atoms with Gasteiger partial charge in [-0.15, -0.1) is 0 Å². The van der Waals surface area contributed by atoms with Crippen molar-refractivity contribution in [3.63, 3.8) is 0 Å². The molecule has 214 valence electrons. The van der Waals surface area contributed by atoms with Crippen molar-refractivity contribution < 1.29 is 14.3 Å². The first-order chi connectivity index (χ1) is 19.4. The molecule has 3 atom stereocenters. The van der Waals surface area contributed by atoms with E-state index in [9.17, 15) is 9.59 Å². The maximum absolute atomic E-state index is 13.0. The molecule has 1 saturated carbocycles. The summed E-state index contributed by atoms with van der Waals surface area (Å²) in [5.74, 6) is 1.02. The lowest BCUT2D eigenvalue weighted by molar-refractivity contribution is -0.126. The number of nitrogens with two attached hydrogens (primary N) is 1. The number of amides is 2. The van der Waals surface area contributed by atoms with E-state index < -0.39 is 11.6 Å². The summed E-state index contributed by atoms with van der Waals surface area (Å²) in [6.45, 7) is 2.85. The Hall–Kier alpha value is -3.43. The van der Waals surface area contributed by atoms with Crippen LogP contribution < -0.4 is 21.7 Å². The summed E-state index contributed by atoms with van der Waals surface area (Å²) in [4.78, 5) is 34.4. The molecule has 0 bridgehead atoms. The van der Waals surface area contributed by atoms with Gasteiger partial charge in [-0.2, -0.15) is 0 Å². The first-order valence-corrected chi connectivity index (χ1v) is 14.6. The topological polar surface area (TPSA) is 134 Å². The Morgan fingerprint density at radius 1 is 1.12 bits per heavy atom. The van der Waals surface area contributed by atoms with Crippen molar-refractivity contribution in [2.24, 2.45) is 11.7 Å². The van der Waals surface area contributed by atoms with Crippen molar-refractivity contribution in [1.29, 1.82) is 0 Å². The lowest BCUT2D eigenvalue weighted by Gasteiger charge is -2.30. The monoisotopic (exact) mass is 546 g/mol. The van der Waals surface area contributed by atoms with Crippen molar-refractivity contribution in [1.82, 2.24) is 25.9 Å². The zero-order valence-electron chi connectivity index (χ0n) is 23.6. The van der Waals surface area contributed by atoms with Crippen LogP contribution in [0.2, 0.25) is 0 Å². The molecule has 1 heterocycles. The van der Waals surface area contributed by atoms with Crippen LogP contribution in [0.1, 0.15) is 74.0 Å². The number of likely N-dealkylation sites (N-methyl/N-ethyl adjacent to an activating group) is 1. The Morgan fingerprint density at radius 3 is 2.55 bits per heavy atom. The van der Waals surface area contributed by atoms with Crippen molar-refractivity contribution in [3.05, 3.63) is 65.0 Å². The molecule has 3 aromatic rings. The fourth-order valence-electron chi connectivity index (χ4n) is 6.20. The number of carbonyl (C=O) groups is 2. The van der Waals surface area contributed by atoms with Gasteiger partial charge < -0.3 is 31.4 Å². The van der Waals surface area contributed by atoms with E-state index in [1.807, 2.05) is 37.3 Å². The summed E-state index contributed by atoms with van der Waals surface area (Å²) in [6, 6.07) is 13.6. The van der Waals surface area contributed by atoms with Crippen molar-refractivity contribution in [2.45, 2.75) is 82.5 Å². The van der Waals surface area contributed by atoms with Gasteiger partial charge in [-0.05, 0) is 54.0 Å². The Bertz CT molecular complexity index is 1270. The van der Waals surface area contributed by atoms with Gasteiger partial charge in [0.15, 0.2) is 0 Å². The fraction of sp³-hybridized carbons (Fsp3) is 0.516. The zero-order chi connectivity index (χ0) is 28.1. The molecule has 1 aromatic heterocycles. The Balaban J connectivity index is 1.36. The van der Waals surface area contributed by atoms with Crippen LogP contribution in [0.3, 0.4) is 0 Å². The molecular weight excluding hydrogens is 504 g/mol. The average molecular weight is 547 g/mol. The number of aromatic amines is 1. The molecule has 2 aromatic carbocycles. The maximum atomic E-state index is 13.0. The predicted molar refractivity (Wildman–Crippen MR) is 156 cm³/mol. The summed E-state index contributed by atoms with van der Waals surface area (Å²) in [5.41, 5.74) is 10.4. The molecule has 0 saturated heterocycles. The molecule has 0 aliphatic heterocycles. The number of carbonyl (C=O) groups excluding carboxylic acids is 2. The standard InChI is InChI=1S/C31H42N6O3/c1-3-24(32)18-34-31(29(38)33-2)16-22-14-25-26(15-23(22)17-31)36-28(35-25)27(21-12-8-5-9-13-21)37-30(39)40-19-20-10-6-4-7-11-20/h4,6-7,10-11,14-15,21,24,27,34H,3,5,8-9,12-13,16-19,32H2,1-2H3,(H,33,38)(H,35,36)(H,37,39)/t24?,27-/m0/s1. The van der Waals surface area contributed by atoms with Crippen LogP contribution in [0.15, 0.2) is 42.5 Å². The summed E-state index contributed by atoms with van der Waals surface area (Å²) in [6.07, 6.45) is 7.16. The van der Waals surface area contributed by atoms with Gasteiger partial charge in [0.05, 0.1) is 17.1 Å². The SMILES string of the molecule is CCC(N)CNC1(C(=O)NC)Cc2cc3nc([C@@H](NC(=O)OCc4ccccc4)C4CCCCC4)[nH]c3cc2C1. The third-order valence-corrected chi connectivity index (χ3v) is 8.60. The number of hydrogen-bond acceptors (Lipinski definition) is 6. The first-order valence-electron chi connectivity index (χ1n) is 14.6. The first kappa shape index (κ1) is 28.1. The van der Waals surface area contributed by atoms with Crippen LogP contribution in [-0.2, 0) is 29.0 Å². The van der Waals surface area contributed by atoms with Crippen LogP contribution in [0.5, 0.6) is 0 Å². The second kappa shape index (κ2) is 12.4. The highest BCUT2D eigenvalue weighted by Gasteiger charge is 2.43. The van der Waals surface area contributed by atoms with Gasteiger partial charge in [0.2, 0.25) is 5.91 Å². The van der Waals surface area contributed by atoms with Gasteiger partial charge in [-0.1, -0.05) is 56.5 Å². The minimum Gasteiger partial charge on any atom is -0.445 e. The van der Waals surface area contributed by atoms with E-state index in [0.717, 1.165) is 65.7 Å². The number of aromatic nitrogens is 2. The Labute approximate surface area is 236 Å². The van der Waals surface area contributed by atoms with Crippen molar-refractivity contribution in [2.75, 3.05) is 13.6 Å². The van der Waals surface area contributed by atoms with Crippen LogP contribution in [-0.4, -0.2) is 47.1 Å². The number of rotatable bonds is 10. The van der Waals surface area contributed by atoms with Gasteiger partial charge >= 0.3 is 6.09 Å². The van der Waals surface area contributed by atoms with Crippen molar-refractivity contribution in [3.8, 4) is 0 Å². The molecule has 0 radical (unpaired) electrons. The van der Waals surface area contributed by atoms with Crippen LogP contribution in [0.25, 0.3) is 11.0 Å². The minimum atomic E-state index is -0.722. The highest BCUT2D eigenvalue weighted by atomic mass is 16.5. The van der Waals surface area contributed by atoms with E-state index >= 15 is 0 Å². The number of benzene rings is 2. The molecule has 5 rings (SSSR count). The lowest BCUT2D eigenvalue weighted by Crippen LogP contribution is -2.59. The highest BCUT2D eigenvalue weighted by Crippen LogP contribution is 2.37. The molecule has 40 heavy (non-hydrogen) atoms. The largest absolute Gasteiger partial charge is 0.445 e. The fourth-order valence-corrected chi connectivity index (χ4v) is 6.20. The molecule has 2 aliphatic carbocycles. The van der Waals surface area contributed by atoms with E-state index in [0.29, 0.717) is 25.3 Å². The third-order valence-electron chi connectivity index (χ3n) is 8.60. The number of ether oxygens (including phenoxy) is 1. The second-order valence-electron chi connectivity index (χ2n) is 11.4. The van der Waals surface area contributed by atoms with Crippen LogP contribution in [0.4, 0.5) is 4.79 Å². The van der Waals surface area contributed by atoms with E-state index in [2.05, 4.69) is 33.1 Å². The highest BCUT2D eigenvalue weighted by molar-refractivity contribution is 5.89. The van der Waals surface area contributed by atoms with Gasteiger partial charge in [0.1, 0.15) is 18.0 Å². The van der Waals surface area contributed by atoms with Gasteiger partial charge in [0, 0.05) is 32.5 Å². The Morgan fingerprint density at radius 2 is 1.85 bits per heavy atom. The minimum absolute atomic E-state index is 0.00678. The molecule has 2 aliphatic rings. The molecule has 2 unspecified atom stereocenters. The predicted octanol–water partition coefficient (Wildman–Crippen LogP) is 4.02. The van der Waals surface area contributed by atoms with Crippen LogP contribution in [0, 0.1) is 5.92 Å². The number of fused-ring (bicyclic) bond motifs is 2. The van der Waals surface area contributed by atoms with Crippen molar-refractivity contribution >= 4 is 23.0 Å². The molecule has 9 nitrogen and oxygen atoms in total. The van der Waals surface area contributed by atoms with E-state index in [-0.39, 0.29) is 24.6 Å². The van der Waals surface area contributed by atoms with Gasteiger partial charge in [-0.3, -0.25) is 4.79 Å². The number of imidazole rings is 1. The number of H-pyrrole nitrogens is 1. The molecule has 6 N–H and O–H groups in total. The van der Waals surface area contributed by atoms with Gasteiger partial charge in [0.25, 0.3) is 0 Å². The van der Waals surface area contributed by atoms with Gasteiger partial charge in [-0.25, -0.2) is 9.78 Å². The summed E-state index contributed by atoms with van der Waals surface area (Å²) in [7, 11) is 1.68. The number of nitrogens with one attached hydrogen (secondary N) is 4. The van der Waals surface area contributed by atoms with E-state index in [1.54, 1.807) is 7.05 Å². The normalized spacial score (nSPS) is 18.2. The molecule has 2 amide bonds. The van der Waals surface area contributed by atoms with Crippen LogP contribution >= 0.6 is 0 Å². The summed E-state index contributed by atoms with van der Waals surface area (Å²) in [5, 5.41) is 9.45. The second-order valence-corrected chi connectivity index (χ2v) is 11.4. The number of nitrogens with zero attached hydrogens (tertiary/aromatic N) is 1. The van der Waals surface area contributed by atoms with E-state index in [4.69, 9.17) is 15.5 Å². The molecule has 1 fully saturated rings.